The van der Waals surface area contributed by atoms with E-state index in [2.05, 4.69) is 5.32 Å². The van der Waals surface area contributed by atoms with Crippen molar-refractivity contribution in [3.63, 3.8) is 0 Å². The van der Waals surface area contributed by atoms with Crippen LogP contribution in [0.5, 0.6) is 17.2 Å². The van der Waals surface area contributed by atoms with Gasteiger partial charge in [-0.3, -0.25) is 0 Å². The van der Waals surface area contributed by atoms with Crippen LogP contribution >= 0.6 is 0 Å². The number of methoxy groups -OCH3 is 3. The van der Waals surface area contributed by atoms with Crippen molar-refractivity contribution in [3.8, 4) is 17.2 Å². The van der Waals surface area contributed by atoms with Gasteiger partial charge < -0.3 is 25.3 Å². The minimum atomic E-state index is 0.330. The van der Waals surface area contributed by atoms with Gasteiger partial charge in [-0.05, 0) is 37.0 Å². The molecule has 0 spiro atoms. The molecule has 0 saturated heterocycles. The first kappa shape index (κ1) is 15.9. The van der Waals surface area contributed by atoms with Crippen molar-refractivity contribution in [2.45, 2.75) is 44.3 Å². The van der Waals surface area contributed by atoms with Crippen LogP contribution in [-0.2, 0) is 6.54 Å². The summed E-state index contributed by atoms with van der Waals surface area (Å²) >= 11 is 0. The summed E-state index contributed by atoms with van der Waals surface area (Å²) in [5, 5.41) is 3.58. The Hall–Kier alpha value is -1.46. The van der Waals surface area contributed by atoms with Crippen LogP contribution in [0.4, 0.5) is 0 Å². The topological polar surface area (TPSA) is 65.7 Å². The van der Waals surface area contributed by atoms with E-state index in [0.29, 0.717) is 29.3 Å². The largest absolute Gasteiger partial charge is 0.493 e. The Morgan fingerprint density at radius 3 is 2.29 bits per heavy atom. The van der Waals surface area contributed by atoms with Crippen LogP contribution in [-0.4, -0.2) is 33.4 Å². The van der Waals surface area contributed by atoms with Gasteiger partial charge in [0.15, 0.2) is 11.5 Å². The Morgan fingerprint density at radius 1 is 1.10 bits per heavy atom. The van der Waals surface area contributed by atoms with Crippen molar-refractivity contribution in [1.82, 2.24) is 5.32 Å². The third kappa shape index (κ3) is 4.02. The molecule has 1 aliphatic carbocycles. The number of benzene rings is 1. The Balaban J connectivity index is 2.05. The average Bonchev–Trinajstić information content (AvgIpc) is 2.51. The summed E-state index contributed by atoms with van der Waals surface area (Å²) in [5.41, 5.74) is 7.14. The van der Waals surface area contributed by atoms with Crippen LogP contribution in [0.25, 0.3) is 0 Å². The van der Waals surface area contributed by atoms with Crippen molar-refractivity contribution in [1.29, 1.82) is 0 Å². The number of nitrogens with one attached hydrogen (secondary N) is 1. The normalized spacial score (nSPS) is 21.9. The van der Waals surface area contributed by atoms with Gasteiger partial charge >= 0.3 is 0 Å². The van der Waals surface area contributed by atoms with Crippen LogP contribution < -0.4 is 25.3 Å². The van der Waals surface area contributed by atoms with E-state index < -0.39 is 0 Å². The lowest BCUT2D eigenvalue weighted by molar-refractivity contribution is 0.321. The lowest BCUT2D eigenvalue weighted by atomic mass is 9.91. The van der Waals surface area contributed by atoms with Gasteiger partial charge in [0.25, 0.3) is 0 Å². The second-order valence-electron chi connectivity index (χ2n) is 5.54. The van der Waals surface area contributed by atoms with E-state index in [1.54, 1.807) is 21.3 Å². The first-order valence-corrected chi connectivity index (χ1v) is 7.45. The standard InChI is InChI=1S/C16H26N2O3/c1-19-14-7-11(8-15(20-2)16(14)21-3)10-18-13-6-4-5-12(17)9-13/h7-8,12-13,18H,4-6,9-10,17H2,1-3H3. The van der Waals surface area contributed by atoms with Gasteiger partial charge in [-0.1, -0.05) is 6.42 Å². The monoisotopic (exact) mass is 294 g/mol. The number of nitrogens with two attached hydrogens (primary N) is 1. The summed E-state index contributed by atoms with van der Waals surface area (Å²) in [7, 11) is 4.88. The van der Waals surface area contributed by atoms with Crippen LogP contribution in [0.15, 0.2) is 12.1 Å². The van der Waals surface area contributed by atoms with E-state index in [-0.39, 0.29) is 0 Å². The molecule has 0 radical (unpaired) electrons. The summed E-state index contributed by atoms with van der Waals surface area (Å²) in [6.45, 7) is 0.772. The van der Waals surface area contributed by atoms with Gasteiger partial charge in [0.05, 0.1) is 21.3 Å². The van der Waals surface area contributed by atoms with E-state index in [0.717, 1.165) is 24.9 Å². The lowest BCUT2D eigenvalue weighted by Gasteiger charge is -2.27. The zero-order chi connectivity index (χ0) is 15.2. The molecule has 0 heterocycles. The molecule has 2 rings (SSSR count). The molecule has 5 heteroatoms. The molecule has 2 atom stereocenters. The van der Waals surface area contributed by atoms with E-state index in [4.69, 9.17) is 19.9 Å². The predicted molar refractivity (Wildman–Crippen MR) is 83.2 cm³/mol. The highest BCUT2D eigenvalue weighted by molar-refractivity contribution is 5.53. The quantitative estimate of drug-likeness (QED) is 0.841. The highest BCUT2D eigenvalue weighted by Gasteiger charge is 2.19. The molecular formula is C16H26N2O3. The van der Waals surface area contributed by atoms with Crippen molar-refractivity contribution in [3.05, 3.63) is 17.7 Å². The minimum Gasteiger partial charge on any atom is -0.493 e. The number of rotatable bonds is 6. The molecule has 1 fully saturated rings. The van der Waals surface area contributed by atoms with Crippen LogP contribution in [0.2, 0.25) is 0 Å². The lowest BCUT2D eigenvalue weighted by Crippen LogP contribution is -2.39. The molecule has 2 unspecified atom stereocenters. The van der Waals surface area contributed by atoms with E-state index >= 15 is 0 Å². The predicted octanol–water partition coefficient (Wildman–Crippen LogP) is 2.07. The summed E-state index contributed by atoms with van der Waals surface area (Å²) < 4.78 is 16.1. The summed E-state index contributed by atoms with van der Waals surface area (Å²) in [6, 6.07) is 4.79. The molecule has 1 aliphatic rings. The average molecular weight is 294 g/mol. The third-order valence-electron chi connectivity index (χ3n) is 4.03. The van der Waals surface area contributed by atoms with Crippen molar-refractivity contribution < 1.29 is 14.2 Å². The first-order valence-electron chi connectivity index (χ1n) is 7.45. The maximum Gasteiger partial charge on any atom is 0.203 e. The fourth-order valence-corrected chi connectivity index (χ4v) is 2.91. The molecule has 1 aromatic rings. The van der Waals surface area contributed by atoms with Crippen LogP contribution in [0.1, 0.15) is 31.2 Å². The molecule has 0 aliphatic heterocycles. The van der Waals surface area contributed by atoms with Crippen molar-refractivity contribution >= 4 is 0 Å². The van der Waals surface area contributed by atoms with Gasteiger partial charge in [-0.2, -0.15) is 0 Å². The molecule has 0 bridgehead atoms. The second-order valence-corrected chi connectivity index (χ2v) is 5.54. The van der Waals surface area contributed by atoms with Gasteiger partial charge in [0, 0.05) is 18.6 Å². The molecule has 21 heavy (non-hydrogen) atoms. The fourth-order valence-electron chi connectivity index (χ4n) is 2.91. The number of hydrogen-bond donors (Lipinski definition) is 2. The highest BCUT2D eigenvalue weighted by atomic mass is 16.5. The molecular weight excluding hydrogens is 268 g/mol. The fraction of sp³-hybridized carbons (Fsp3) is 0.625. The maximum absolute atomic E-state index is 6.03. The van der Waals surface area contributed by atoms with E-state index in [1.807, 2.05) is 12.1 Å². The molecule has 0 aromatic heterocycles. The Kier molecular flexibility index (Phi) is 5.70. The van der Waals surface area contributed by atoms with Crippen LogP contribution in [0, 0.1) is 0 Å². The van der Waals surface area contributed by atoms with Crippen LogP contribution in [0.3, 0.4) is 0 Å². The van der Waals surface area contributed by atoms with Gasteiger partial charge in [0.1, 0.15) is 0 Å². The molecule has 0 amide bonds. The molecule has 1 saturated carbocycles. The third-order valence-corrected chi connectivity index (χ3v) is 4.03. The van der Waals surface area contributed by atoms with Crippen molar-refractivity contribution in [2.24, 2.45) is 5.73 Å². The van der Waals surface area contributed by atoms with Gasteiger partial charge in [0.2, 0.25) is 5.75 Å². The van der Waals surface area contributed by atoms with E-state index in [1.165, 1.54) is 12.8 Å². The van der Waals surface area contributed by atoms with E-state index in [9.17, 15) is 0 Å². The molecule has 118 valence electrons. The Labute approximate surface area is 126 Å². The minimum absolute atomic E-state index is 0.330. The zero-order valence-electron chi connectivity index (χ0n) is 13.1. The number of hydrogen-bond acceptors (Lipinski definition) is 5. The van der Waals surface area contributed by atoms with Crippen molar-refractivity contribution in [2.75, 3.05) is 21.3 Å². The first-order chi connectivity index (χ1) is 10.2. The Morgan fingerprint density at radius 2 is 1.76 bits per heavy atom. The highest BCUT2D eigenvalue weighted by Crippen LogP contribution is 2.38. The van der Waals surface area contributed by atoms with Gasteiger partial charge in [-0.25, -0.2) is 0 Å². The zero-order valence-corrected chi connectivity index (χ0v) is 13.1. The summed E-state index contributed by atoms with van der Waals surface area (Å²) in [4.78, 5) is 0. The second kappa shape index (κ2) is 7.52. The Bertz CT molecular complexity index is 440. The maximum atomic E-state index is 6.03. The smallest absolute Gasteiger partial charge is 0.203 e. The molecule has 3 N–H and O–H groups in total. The summed E-state index contributed by atoms with van der Waals surface area (Å²) in [6.07, 6.45) is 4.58. The van der Waals surface area contributed by atoms with Gasteiger partial charge in [-0.15, -0.1) is 0 Å². The number of ether oxygens (including phenoxy) is 3. The summed E-state index contributed by atoms with van der Waals surface area (Å²) in [5.74, 6) is 2.01. The molecule has 5 nitrogen and oxygen atoms in total. The molecule has 1 aromatic carbocycles. The SMILES string of the molecule is COc1cc(CNC2CCCC(N)C2)cc(OC)c1OC.